The van der Waals surface area contributed by atoms with E-state index in [0.29, 0.717) is 5.69 Å². The first kappa shape index (κ1) is 17.6. The second-order valence-corrected chi connectivity index (χ2v) is 6.07. The van der Waals surface area contributed by atoms with Crippen molar-refractivity contribution in [2.24, 2.45) is 5.73 Å². The van der Waals surface area contributed by atoms with Crippen LogP contribution >= 0.6 is 0 Å². The monoisotopic (exact) mass is 346 g/mol. The first-order valence-corrected chi connectivity index (χ1v) is 8.52. The molecule has 4 N–H and O–H groups in total. The largest absolute Gasteiger partial charge is 0.377 e. The summed E-state index contributed by atoms with van der Waals surface area (Å²) in [6.07, 6.45) is 3.62. The van der Waals surface area contributed by atoms with Crippen molar-refractivity contribution in [3.05, 3.63) is 78.6 Å². The smallest absolute Gasteiger partial charge is 0.238 e. The predicted molar refractivity (Wildman–Crippen MR) is 106 cm³/mol. The van der Waals surface area contributed by atoms with E-state index in [4.69, 9.17) is 5.73 Å². The molecule has 0 unspecified atom stereocenters. The fraction of sp³-hybridized carbons (Fsp3) is 0.143. The lowest BCUT2D eigenvalue weighted by molar-refractivity contribution is -0.114. The first-order chi connectivity index (χ1) is 12.7. The van der Waals surface area contributed by atoms with Crippen LogP contribution in [0.2, 0.25) is 0 Å². The van der Waals surface area contributed by atoms with Gasteiger partial charge < -0.3 is 16.4 Å². The van der Waals surface area contributed by atoms with Crippen LogP contribution in [0.1, 0.15) is 18.5 Å². The molecule has 1 aromatic heterocycles. The van der Waals surface area contributed by atoms with Gasteiger partial charge in [-0.25, -0.2) is 0 Å². The van der Waals surface area contributed by atoms with Gasteiger partial charge in [-0.3, -0.25) is 9.78 Å². The topological polar surface area (TPSA) is 80.0 Å². The molecule has 132 valence electrons. The van der Waals surface area contributed by atoms with E-state index in [1.54, 1.807) is 0 Å². The van der Waals surface area contributed by atoms with E-state index >= 15 is 0 Å². The molecule has 0 aliphatic heterocycles. The van der Waals surface area contributed by atoms with E-state index < -0.39 is 0 Å². The molecule has 1 amide bonds. The molecule has 0 saturated heterocycles. The zero-order valence-corrected chi connectivity index (χ0v) is 14.6. The molecule has 0 bridgehead atoms. The summed E-state index contributed by atoms with van der Waals surface area (Å²) in [6, 6.07) is 20.1. The lowest BCUT2D eigenvalue weighted by Crippen LogP contribution is -2.21. The Hall–Kier alpha value is -3.18. The zero-order valence-electron chi connectivity index (χ0n) is 14.6. The molecule has 5 nitrogen and oxygen atoms in total. The lowest BCUT2D eigenvalue weighted by atomic mass is 10.1. The van der Waals surface area contributed by atoms with Crippen LogP contribution in [0.15, 0.2) is 73.1 Å². The van der Waals surface area contributed by atoms with Gasteiger partial charge in [-0.2, -0.15) is 0 Å². The minimum Gasteiger partial charge on any atom is -0.377 e. The molecule has 1 heterocycles. The van der Waals surface area contributed by atoms with Crippen LogP contribution in [-0.2, 0) is 4.79 Å². The van der Waals surface area contributed by atoms with Crippen molar-refractivity contribution in [1.29, 1.82) is 0 Å². The van der Waals surface area contributed by atoms with Crippen molar-refractivity contribution in [3.63, 3.8) is 0 Å². The third-order valence-corrected chi connectivity index (χ3v) is 4.09. The van der Waals surface area contributed by atoms with Crippen LogP contribution in [0.3, 0.4) is 0 Å². The quantitative estimate of drug-likeness (QED) is 0.634. The molecule has 0 spiro atoms. The predicted octanol–water partition coefficient (Wildman–Crippen LogP) is 3.82. The van der Waals surface area contributed by atoms with E-state index in [1.165, 1.54) is 5.56 Å². The van der Waals surface area contributed by atoms with Crippen molar-refractivity contribution in [3.8, 4) is 11.1 Å². The maximum absolute atomic E-state index is 11.5. The van der Waals surface area contributed by atoms with Gasteiger partial charge in [0.05, 0.1) is 12.2 Å². The Bertz CT molecular complexity index is 880. The second-order valence-electron chi connectivity index (χ2n) is 6.07. The van der Waals surface area contributed by atoms with Gasteiger partial charge in [-0.1, -0.05) is 42.5 Å². The SMILES string of the molecule is C[C@H](Nc1cncc(-c2cccc(NC(=O)CN)c2)c1)c1ccccc1. The molecule has 1 atom stereocenters. The molecule has 3 rings (SSSR count). The van der Waals surface area contributed by atoms with Crippen LogP contribution in [-0.4, -0.2) is 17.4 Å². The van der Waals surface area contributed by atoms with Crippen LogP contribution in [0, 0.1) is 0 Å². The van der Waals surface area contributed by atoms with Gasteiger partial charge in [0.15, 0.2) is 0 Å². The van der Waals surface area contributed by atoms with Gasteiger partial charge in [0.1, 0.15) is 0 Å². The zero-order chi connectivity index (χ0) is 18.4. The number of amides is 1. The average Bonchev–Trinajstić information content (AvgIpc) is 2.69. The summed E-state index contributed by atoms with van der Waals surface area (Å²) in [5.74, 6) is -0.215. The van der Waals surface area contributed by atoms with Crippen molar-refractivity contribution < 1.29 is 4.79 Å². The number of nitrogens with one attached hydrogen (secondary N) is 2. The Balaban J connectivity index is 1.79. The standard InChI is InChI=1S/C21H22N4O/c1-15(16-6-3-2-4-7-16)24-20-11-18(13-23-14-20)17-8-5-9-19(10-17)25-21(26)12-22/h2-11,13-15,24H,12,22H2,1H3,(H,25,26)/t15-/m0/s1. The number of aromatic nitrogens is 1. The Morgan fingerprint density at radius 3 is 2.54 bits per heavy atom. The van der Waals surface area contributed by atoms with E-state index in [-0.39, 0.29) is 18.5 Å². The minimum atomic E-state index is -0.215. The molecule has 0 fully saturated rings. The number of benzene rings is 2. The summed E-state index contributed by atoms with van der Waals surface area (Å²) in [4.78, 5) is 15.8. The molecule has 0 aliphatic carbocycles. The minimum absolute atomic E-state index is 0.0391. The summed E-state index contributed by atoms with van der Waals surface area (Å²) in [5, 5.41) is 6.25. The number of carbonyl (C=O) groups excluding carboxylic acids is 1. The molecule has 0 radical (unpaired) electrons. The highest BCUT2D eigenvalue weighted by Gasteiger charge is 2.07. The molecule has 0 aliphatic rings. The van der Waals surface area contributed by atoms with Gasteiger partial charge in [0, 0.05) is 29.7 Å². The third-order valence-electron chi connectivity index (χ3n) is 4.09. The summed E-state index contributed by atoms with van der Waals surface area (Å²) in [5.41, 5.74) is 10.2. The number of pyridine rings is 1. The molecule has 3 aromatic rings. The van der Waals surface area contributed by atoms with Gasteiger partial charge in [-0.15, -0.1) is 0 Å². The van der Waals surface area contributed by atoms with Crippen molar-refractivity contribution in [2.75, 3.05) is 17.2 Å². The highest BCUT2D eigenvalue weighted by atomic mass is 16.1. The number of carbonyl (C=O) groups is 1. The average molecular weight is 346 g/mol. The molecule has 0 saturated carbocycles. The van der Waals surface area contributed by atoms with E-state index in [9.17, 15) is 4.79 Å². The van der Waals surface area contributed by atoms with Gasteiger partial charge in [-0.05, 0) is 36.2 Å². The van der Waals surface area contributed by atoms with Gasteiger partial charge >= 0.3 is 0 Å². The maximum atomic E-state index is 11.5. The summed E-state index contributed by atoms with van der Waals surface area (Å²) in [7, 11) is 0. The second kappa shape index (κ2) is 8.27. The number of nitrogens with two attached hydrogens (primary N) is 1. The molecule has 26 heavy (non-hydrogen) atoms. The number of anilines is 2. The molecular weight excluding hydrogens is 324 g/mol. The highest BCUT2D eigenvalue weighted by molar-refractivity contribution is 5.92. The summed E-state index contributed by atoms with van der Waals surface area (Å²) < 4.78 is 0. The number of rotatable bonds is 6. The number of nitrogens with zero attached hydrogens (tertiary/aromatic N) is 1. The highest BCUT2D eigenvalue weighted by Crippen LogP contribution is 2.26. The van der Waals surface area contributed by atoms with Gasteiger partial charge in [0.2, 0.25) is 5.91 Å². The number of hydrogen-bond donors (Lipinski definition) is 3. The fourth-order valence-electron chi connectivity index (χ4n) is 2.74. The van der Waals surface area contributed by atoms with Crippen molar-refractivity contribution >= 4 is 17.3 Å². The maximum Gasteiger partial charge on any atom is 0.238 e. The van der Waals surface area contributed by atoms with Gasteiger partial charge in [0.25, 0.3) is 0 Å². The fourth-order valence-corrected chi connectivity index (χ4v) is 2.74. The third kappa shape index (κ3) is 4.46. The Labute approximate surface area is 153 Å². The number of hydrogen-bond acceptors (Lipinski definition) is 4. The van der Waals surface area contributed by atoms with E-state index in [0.717, 1.165) is 16.8 Å². The van der Waals surface area contributed by atoms with Crippen molar-refractivity contribution in [1.82, 2.24) is 4.98 Å². The summed E-state index contributed by atoms with van der Waals surface area (Å²) in [6.45, 7) is 2.08. The Morgan fingerprint density at radius 2 is 1.77 bits per heavy atom. The van der Waals surface area contributed by atoms with Crippen LogP contribution in [0.4, 0.5) is 11.4 Å². The molecule has 5 heteroatoms. The summed E-state index contributed by atoms with van der Waals surface area (Å²) >= 11 is 0. The Kier molecular flexibility index (Phi) is 5.61. The van der Waals surface area contributed by atoms with Crippen LogP contribution < -0.4 is 16.4 Å². The molecule has 2 aromatic carbocycles. The van der Waals surface area contributed by atoms with Crippen molar-refractivity contribution in [2.45, 2.75) is 13.0 Å². The lowest BCUT2D eigenvalue weighted by Gasteiger charge is -2.16. The first-order valence-electron chi connectivity index (χ1n) is 8.52. The molecular formula is C21H22N4O. The van der Waals surface area contributed by atoms with Crippen LogP contribution in [0.5, 0.6) is 0 Å². The normalized spacial score (nSPS) is 11.6. The van der Waals surface area contributed by atoms with Crippen LogP contribution in [0.25, 0.3) is 11.1 Å². The Morgan fingerprint density at radius 1 is 1.00 bits per heavy atom. The van der Waals surface area contributed by atoms with E-state index in [1.807, 2.05) is 54.9 Å². The van der Waals surface area contributed by atoms with E-state index in [2.05, 4.69) is 40.7 Å².